The van der Waals surface area contributed by atoms with Crippen LogP contribution >= 0.6 is 0 Å². The molecule has 7 aromatic rings. The molecule has 336 valence electrons. The number of carboxylic acid groups (broad SMARTS) is 2. The molecule has 10 rings (SSSR count). The maximum Gasteiger partial charge on any atom is 0.335 e. The van der Waals surface area contributed by atoms with Gasteiger partial charge >= 0.3 is 11.9 Å². The summed E-state index contributed by atoms with van der Waals surface area (Å²) in [4.78, 5) is 29.3. The molecule has 0 spiro atoms. The second-order valence-corrected chi connectivity index (χ2v) is 19.0. The van der Waals surface area contributed by atoms with Gasteiger partial charge in [-0.2, -0.15) is 4.58 Å². The average molecular weight is 893 g/mol. The molecule has 2 heterocycles. The van der Waals surface area contributed by atoms with Crippen LogP contribution in [0.3, 0.4) is 0 Å². The quantitative estimate of drug-likeness (QED) is 0.119. The number of carboxylic acids is 2. The number of para-hydroxylation sites is 1. The highest BCUT2D eigenvalue weighted by Gasteiger charge is 2.45. The third kappa shape index (κ3) is 8.04. The molecular formula is C61H54N3O4+. The van der Waals surface area contributed by atoms with Crippen molar-refractivity contribution in [3.05, 3.63) is 250 Å². The predicted molar refractivity (Wildman–Crippen MR) is 275 cm³/mol. The van der Waals surface area contributed by atoms with Crippen LogP contribution in [0, 0.1) is 0 Å². The number of benzene rings is 7. The van der Waals surface area contributed by atoms with E-state index in [0.717, 1.165) is 80.3 Å². The Balaban J connectivity index is 1.17. The summed E-state index contributed by atoms with van der Waals surface area (Å²) in [5.74, 6) is -1.88. The van der Waals surface area contributed by atoms with Crippen LogP contribution in [0.5, 0.6) is 0 Å². The molecule has 1 aliphatic carbocycles. The van der Waals surface area contributed by atoms with E-state index in [1.165, 1.54) is 16.5 Å². The van der Waals surface area contributed by atoms with Crippen molar-refractivity contribution in [2.75, 3.05) is 9.80 Å². The van der Waals surface area contributed by atoms with Crippen LogP contribution in [-0.4, -0.2) is 32.4 Å². The number of aromatic carboxylic acids is 2. The molecule has 0 atom stereocenters. The van der Waals surface area contributed by atoms with Crippen molar-refractivity contribution in [1.29, 1.82) is 0 Å². The number of allylic oxidation sites excluding steroid dienone is 7. The van der Waals surface area contributed by atoms with E-state index in [4.69, 9.17) is 0 Å². The summed E-state index contributed by atoms with van der Waals surface area (Å²) >= 11 is 0. The fraction of sp³-hybridized carbons (Fsp3) is 0.164. The molecule has 0 fully saturated rings. The minimum atomic E-state index is -0.940. The standard InChI is InChI=1S/C61H53N3O4/c1-60(2)51-37-47(58(65)66)27-32-53(51)62(39-41-16-8-5-9-17-41)55(60)34-29-44-24-25-45(57(44)64(49-22-12-7-13-23-49)50-31-26-43-20-14-15-21-46(43)36-50)30-35-56-61(3,4)52-38-48(59(67)68)28-33-54(52)63(56)40-42-18-10-6-11-19-42/h5-23,26-38H,24-25,39-40H2,1-4H3,(H-,65,66,67,68)/p+1. The van der Waals surface area contributed by atoms with E-state index in [2.05, 4.69) is 188 Å². The Bertz CT molecular complexity index is 3290. The highest BCUT2D eigenvalue weighted by molar-refractivity contribution is 6.04. The van der Waals surface area contributed by atoms with Crippen LogP contribution in [0.1, 0.15) is 83.5 Å². The van der Waals surface area contributed by atoms with Gasteiger partial charge in [0.1, 0.15) is 0 Å². The van der Waals surface area contributed by atoms with E-state index in [9.17, 15) is 19.8 Å². The molecule has 7 aromatic carbocycles. The Morgan fingerprint density at radius 2 is 1.22 bits per heavy atom. The van der Waals surface area contributed by atoms with Gasteiger partial charge in [0, 0.05) is 58.0 Å². The monoisotopic (exact) mass is 892 g/mol. The van der Waals surface area contributed by atoms with Crippen LogP contribution in [0.4, 0.5) is 22.7 Å². The second-order valence-electron chi connectivity index (χ2n) is 19.0. The van der Waals surface area contributed by atoms with Crippen molar-refractivity contribution >= 4 is 51.2 Å². The van der Waals surface area contributed by atoms with Gasteiger partial charge in [0.15, 0.2) is 12.3 Å². The van der Waals surface area contributed by atoms with Gasteiger partial charge in [-0.1, -0.05) is 135 Å². The zero-order valence-corrected chi connectivity index (χ0v) is 38.9. The molecule has 0 radical (unpaired) electrons. The van der Waals surface area contributed by atoms with Gasteiger partial charge in [-0.15, -0.1) is 0 Å². The Labute approximate surface area is 398 Å². The van der Waals surface area contributed by atoms with Gasteiger partial charge in [0.25, 0.3) is 0 Å². The fourth-order valence-electron chi connectivity index (χ4n) is 10.5. The van der Waals surface area contributed by atoms with Crippen LogP contribution in [0.25, 0.3) is 10.8 Å². The van der Waals surface area contributed by atoms with Crippen LogP contribution in [0.2, 0.25) is 0 Å². The van der Waals surface area contributed by atoms with Crippen LogP contribution in [0.15, 0.2) is 217 Å². The lowest BCUT2D eigenvalue weighted by atomic mass is 9.80. The third-order valence-corrected chi connectivity index (χ3v) is 14.0. The van der Waals surface area contributed by atoms with Crippen molar-refractivity contribution in [3.8, 4) is 0 Å². The van der Waals surface area contributed by atoms with Crippen molar-refractivity contribution < 1.29 is 24.4 Å². The zero-order chi connectivity index (χ0) is 47.2. The fourth-order valence-corrected chi connectivity index (χ4v) is 10.5. The maximum absolute atomic E-state index is 12.3. The minimum absolute atomic E-state index is 0.276. The Morgan fingerprint density at radius 3 is 1.91 bits per heavy atom. The molecule has 7 heteroatoms. The Morgan fingerprint density at radius 1 is 0.603 bits per heavy atom. The molecule has 3 aliphatic rings. The molecule has 0 saturated carbocycles. The SMILES string of the molecule is CC1(C)C(/C=C/C2=C(N(c3ccccc3)c3ccc4ccccc4c3)C(=C/C=C3/N(Cc4ccccc4)c4ccc(C(=O)O)cc4C3(C)C)/CC2)=[N+](Cc2ccccc2)c2ccc(C(=O)O)cc21. The third-order valence-electron chi connectivity index (χ3n) is 14.0. The second kappa shape index (κ2) is 17.6. The average Bonchev–Trinajstić information content (AvgIpc) is 3.91. The highest BCUT2D eigenvalue weighted by Crippen LogP contribution is 2.50. The number of hydrogen-bond acceptors (Lipinski definition) is 4. The Kier molecular flexibility index (Phi) is 11.4. The summed E-state index contributed by atoms with van der Waals surface area (Å²) in [6.45, 7) is 10.0. The normalized spacial score (nSPS) is 17.1. The van der Waals surface area contributed by atoms with E-state index in [0.29, 0.717) is 13.1 Å². The lowest BCUT2D eigenvalue weighted by molar-refractivity contribution is -0.455. The van der Waals surface area contributed by atoms with Gasteiger partial charge < -0.3 is 20.0 Å². The van der Waals surface area contributed by atoms with Crippen molar-refractivity contribution in [2.24, 2.45) is 0 Å². The van der Waals surface area contributed by atoms with Crippen LogP contribution < -0.4 is 9.80 Å². The lowest BCUT2D eigenvalue weighted by Crippen LogP contribution is -2.27. The first-order valence-corrected chi connectivity index (χ1v) is 23.3. The van der Waals surface area contributed by atoms with E-state index in [-0.39, 0.29) is 11.1 Å². The first kappa shape index (κ1) is 43.8. The van der Waals surface area contributed by atoms with Gasteiger partial charge in [-0.05, 0) is 120 Å². The molecule has 0 aromatic heterocycles. The van der Waals surface area contributed by atoms with Gasteiger partial charge in [0.05, 0.1) is 22.2 Å². The molecule has 0 bridgehead atoms. The van der Waals surface area contributed by atoms with Gasteiger partial charge in [-0.3, -0.25) is 0 Å². The first-order chi connectivity index (χ1) is 32.9. The number of hydrogen-bond donors (Lipinski definition) is 2. The van der Waals surface area contributed by atoms with Crippen molar-refractivity contribution in [1.82, 2.24) is 0 Å². The molecule has 7 nitrogen and oxygen atoms in total. The summed E-state index contributed by atoms with van der Waals surface area (Å²) in [5, 5.41) is 22.5. The largest absolute Gasteiger partial charge is 0.478 e. The van der Waals surface area contributed by atoms with E-state index < -0.39 is 22.8 Å². The zero-order valence-electron chi connectivity index (χ0n) is 38.9. The minimum Gasteiger partial charge on any atom is -0.478 e. The Hall–Kier alpha value is -8.03. The number of carbonyl (C=O) groups is 2. The molecule has 0 unspecified atom stereocenters. The molecular weight excluding hydrogens is 839 g/mol. The predicted octanol–water partition coefficient (Wildman–Crippen LogP) is 14.1. The van der Waals surface area contributed by atoms with Gasteiger partial charge in [-0.25, -0.2) is 9.59 Å². The summed E-state index contributed by atoms with van der Waals surface area (Å²) in [6, 6.07) is 57.6. The summed E-state index contributed by atoms with van der Waals surface area (Å²) in [7, 11) is 0. The number of nitrogens with zero attached hydrogens (tertiary/aromatic N) is 3. The van der Waals surface area contributed by atoms with Crippen molar-refractivity contribution in [2.45, 2.75) is 64.5 Å². The molecule has 2 aliphatic heterocycles. The topological polar surface area (TPSA) is 84.1 Å². The van der Waals surface area contributed by atoms with Gasteiger partial charge in [0.2, 0.25) is 5.69 Å². The van der Waals surface area contributed by atoms with E-state index in [1.807, 2.05) is 36.4 Å². The van der Waals surface area contributed by atoms with E-state index in [1.54, 1.807) is 12.1 Å². The lowest BCUT2D eigenvalue weighted by Gasteiger charge is -2.29. The number of rotatable bonds is 12. The number of fused-ring (bicyclic) bond motifs is 3. The summed E-state index contributed by atoms with van der Waals surface area (Å²) in [6.07, 6.45) is 10.7. The smallest absolute Gasteiger partial charge is 0.335 e. The van der Waals surface area contributed by atoms with Crippen LogP contribution in [-0.2, 0) is 23.9 Å². The van der Waals surface area contributed by atoms with Crippen molar-refractivity contribution in [3.63, 3.8) is 0 Å². The highest BCUT2D eigenvalue weighted by atomic mass is 16.4. The van der Waals surface area contributed by atoms with E-state index >= 15 is 0 Å². The first-order valence-electron chi connectivity index (χ1n) is 23.3. The maximum atomic E-state index is 12.3. The molecule has 0 saturated heterocycles. The summed E-state index contributed by atoms with van der Waals surface area (Å²) in [5.41, 5.74) is 13.6. The molecule has 0 amide bonds. The number of anilines is 3. The molecule has 2 N–H and O–H groups in total. The molecule has 68 heavy (non-hydrogen) atoms. The summed E-state index contributed by atoms with van der Waals surface area (Å²) < 4.78 is 2.35.